The van der Waals surface area contributed by atoms with E-state index in [4.69, 9.17) is 0 Å². The number of amides is 1. The average molecular weight is 336 g/mol. The Bertz CT molecular complexity index is 681. The monoisotopic (exact) mass is 336 g/mol. The number of nitrogens with zero attached hydrogens (tertiary/aromatic N) is 2. The topological polar surface area (TPSA) is 57.7 Å². The summed E-state index contributed by atoms with van der Waals surface area (Å²) in [6, 6.07) is 6.53. The van der Waals surface area contributed by atoms with Crippen molar-refractivity contribution in [3.63, 3.8) is 0 Å². The van der Waals surface area contributed by atoms with Crippen LogP contribution >= 0.6 is 0 Å². The first-order valence-electron chi connectivity index (χ1n) is 8.41. The first-order valence-corrected chi connectivity index (χ1v) is 9.85. The molecule has 0 saturated carbocycles. The predicted octanol–water partition coefficient (Wildman–Crippen LogP) is 2.49. The van der Waals surface area contributed by atoms with Crippen LogP contribution in [0.3, 0.4) is 0 Å². The van der Waals surface area contributed by atoms with Crippen molar-refractivity contribution in [2.24, 2.45) is 0 Å². The molecule has 2 heterocycles. The summed E-state index contributed by atoms with van der Waals surface area (Å²) in [6.07, 6.45) is 4.91. The Labute approximate surface area is 138 Å². The van der Waals surface area contributed by atoms with Gasteiger partial charge in [0.2, 0.25) is 10.0 Å². The van der Waals surface area contributed by atoms with Crippen molar-refractivity contribution in [1.82, 2.24) is 9.21 Å². The fourth-order valence-electron chi connectivity index (χ4n) is 3.46. The predicted molar refractivity (Wildman–Crippen MR) is 88.8 cm³/mol. The van der Waals surface area contributed by atoms with Gasteiger partial charge in [-0.2, -0.15) is 4.31 Å². The van der Waals surface area contributed by atoms with Crippen molar-refractivity contribution in [2.75, 3.05) is 19.6 Å². The molecule has 1 unspecified atom stereocenters. The van der Waals surface area contributed by atoms with Crippen LogP contribution in [0.15, 0.2) is 29.2 Å². The first-order chi connectivity index (χ1) is 11.0. The van der Waals surface area contributed by atoms with E-state index in [0.717, 1.165) is 45.2 Å². The molecule has 0 spiro atoms. The number of carbonyl (C=O) groups excluding carboxylic acids is 1. The lowest BCUT2D eigenvalue weighted by atomic mass is 10.1. The minimum atomic E-state index is -3.53. The number of hydrogen-bond donors (Lipinski definition) is 0. The summed E-state index contributed by atoms with van der Waals surface area (Å²) in [6.45, 7) is 4.04. The van der Waals surface area contributed by atoms with Gasteiger partial charge in [-0.25, -0.2) is 8.42 Å². The van der Waals surface area contributed by atoms with Gasteiger partial charge in [-0.1, -0.05) is 12.5 Å². The maximum absolute atomic E-state index is 12.9. The summed E-state index contributed by atoms with van der Waals surface area (Å²) in [7, 11) is -3.53. The lowest BCUT2D eigenvalue weighted by Crippen LogP contribution is -2.42. The highest BCUT2D eigenvalue weighted by Gasteiger charge is 2.31. The van der Waals surface area contributed by atoms with Gasteiger partial charge in [0.15, 0.2) is 0 Å². The molecule has 2 saturated heterocycles. The molecule has 0 radical (unpaired) electrons. The number of sulfonamides is 1. The molecule has 6 heteroatoms. The maximum atomic E-state index is 12.9. The van der Waals surface area contributed by atoms with E-state index in [-0.39, 0.29) is 16.8 Å². The molecule has 0 N–H and O–H groups in total. The summed E-state index contributed by atoms with van der Waals surface area (Å²) in [5.74, 6) is -0.0637. The number of likely N-dealkylation sites (tertiary alicyclic amines) is 1. The normalized spacial score (nSPS) is 23.2. The van der Waals surface area contributed by atoms with Crippen molar-refractivity contribution in [3.05, 3.63) is 29.8 Å². The Balaban J connectivity index is 1.87. The molecular formula is C17H24N2O3S. The Morgan fingerprint density at radius 2 is 1.78 bits per heavy atom. The third-order valence-corrected chi connectivity index (χ3v) is 6.83. The third-order valence-electron chi connectivity index (χ3n) is 4.82. The average Bonchev–Trinajstić information content (AvgIpc) is 3.09. The molecule has 2 aliphatic rings. The van der Waals surface area contributed by atoms with Crippen LogP contribution in [-0.2, 0) is 10.0 Å². The van der Waals surface area contributed by atoms with E-state index in [1.165, 1.54) is 6.07 Å². The second kappa shape index (κ2) is 6.61. The van der Waals surface area contributed by atoms with E-state index in [9.17, 15) is 13.2 Å². The second-order valence-electron chi connectivity index (χ2n) is 6.49. The molecule has 1 aromatic carbocycles. The Morgan fingerprint density at radius 1 is 1.09 bits per heavy atom. The molecule has 2 fully saturated rings. The minimum Gasteiger partial charge on any atom is -0.339 e. The number of piperidine rings is 1. The van der Waals surface area contributed by atoms with Gasteiger partial charge >= 0.3 is 0 Å². The fraction of sp³-hybridized carbons (Fsp3) is 0.588. The molecule has 0 aliphatic carbocycles. The first kappa shape index (κ1) is 16.5. The smallest absolute Gasteiger partial charge is 0.253 e. The third kappa shape index (κ3) is 3.28. The summed E-state index contributed by atoms with van der Waals surface area (Å²) < 4.78 is 27.4. The zero-order valence-electron chi connectivity index (χ0n) is 13.6. The van der Waals surface area contributed by atoms with Gasteiger partial charge in [0.05, 0.1) is 4.90 Å². The van der Waals surface area contributed by atoms with Crippen LogP contribution in [0.4, 0.5) is 0 Å². The highest BCUT2D eigenvalue weighted by atomic mass is 32.2. The quantitative estimate of drug-likeness (QED) is 0.852. The molecule has 1 atom stereocenters. The Kier molecular flexibility index (Phi) is 4.73. The molecule has 5 nitrogen and oxygen atoms in total. The lowest BCUT2D eigenvalue weighted by Gasteiger charge is -2.32. The van der Waals surface area contributed by atoms with Crippen molar-refractivity contribution in [1.29, 1.82) is 0 Å². The molecule has 3 rings (SSSR count). The standard InChI is InChI=1S/C17H24N2O3S/c1-14-7-2-3-12-19(14)23(21,22)16-9-6-8-15(13-16)17(20)18-10-4-5-11-18/h6,8-9,13-14H,2-5,7,10-12H2,1H3. The molecule has 126 valence electrons. The van der Waals surface area contributed by atoms with Crippen molar-refractivity contribution < 1.29 is 13.2 Å². The van der Waals surface area contributed by atoms with Gasteiger partial charge in [-0.3, -0.25) is 4.79 Å². The largest absolute Gasteiger partial charge is 0.339 e. The van der Waals surface area contributed by atoms with Gasteiger partial charge in [0.25, 0.3) is 5.91 Å². The Hall–Kier alpha value is -1.40. The van der Waals surface area contributed by atoms with Crippen LogP contribution in [0.25, 0.3) is 0 Å². The van der Waals surface area contributed by atoms with Crippen molar-refractivity contribution >= 4 is 15.9 Å². The van der Waals surface area contributed by atoms with Gasteiger partial charge < -0.3 is 4.90 Å². The van der Waals surface area contributed by atoms with Gasteiger partial charge in [-0.05, 0) is 50.8 Å². The van der Waals surface area contributed by atoms with Gasteiger partial charge in [-0.15, -0.1) is 0 Å². The number of hydrogen-bond acceptors (Lipinski definition) is 3. The van der Waals surface area contributed by atoms with Crippen LogP contribution < -0.4 is 0 Å². The van der Waals surface area contributed by atoms with Crippen LogP contribution in [-0.4, -0.2) is 49.2 Å². The van der Waals surface area contributed by atoms with Crippen LogP contribution in [0.2, 0.25) is 0 Å². The van der Waals surface area contributed by atoms with E-state index in [1.54, 1.807) is 27.4 Å². The zero-order valence-corrected chi connectivity index (χ0v) is 14.4. The summed E-state index contributed by atoms with van der Waals surface area (Å²) in [4.78, 5) is 14.5. The van der Waals surface area contributed by atoms with E-state index in [0.29, 0.717) is 12.1 Å². The van der Waals surface area contributed by atoms with Crippen molar-refractivity contribution in [3.8, 4) is 0 Å². The summed E-state index contributed by atoms with van der Waals surface area (Å²) in [5.41, 5.74) is 0.470. The van der Waals surface area contributed by atoms with Gasteiger partial charge in [0, 0.05) is 31.2 Å². The lowest BCUT2D eigenvalue weighted by molar-refractivity contribution is 0.0792. The number of carbonyl (C=O) groups is 1. The highest BCUT2D eigenvalue weighted by molar-refractivity contribution is 7.89. The minimum absolute atomic E-state index is 0.0201. The SMILES string of the molecule is CC1CCCCN1S(=O)(=O)c1cccc(C(=O)N2CCCC2)c1. The molecule has 0 bridgehead atoms. The number of rotatable bonds is 3. The van der Waals surface area contributed by atoms with Crippen LogP contribution in [0.5, 0.6) is 0 Å². The van der Waals surface area contributed by atoms with Crippen LogP contribution in [0.1, 0.15) is 49.4 Å². The zero-order chi connectivity index (χ0) is 16.4. The molecule has 1 amide bonds. The van der Waals surface area contributed by atoms with E-state index < -0.39 is 10.0 Å². The molecule has 1 aromatic rings. The van der Waals surface area contributed by atoms with Crippen LogP contribution in [0, 0.1) is 0 Å². The highest BCUT2D eigenvalue weighted by Crippen LogP contribution is 2.26. The summed E-state index contributed by atoms with van der Waals surface area (Å²) in [5, 5.41) is 0. The van der Waals surface area contributed by atoms with E-state index in [1.807, 2.05) is 6.92 Å². The molecule has 2 aliphatic heterocycles. The Morgan fingerprint density at radius 3 is 2.48 bits per heavy atom. The van der Waals surface area contributed by atoms with E-state index >= 15 is 0 Å². The second-order valence-corrected chi connectivity index (χ2v) is 8.38. The van der Waals surface area contributed by atoms with Crippen molar-refractivity contribution in [2.45, 2.75) is 50.0 Å². The molecule has 23 heavy (non-hydrogen) atoms. The maximum Gasteiger partial charge on any atom is 0.253 e. The molecule has 0 aromatic heterocycles. The fourth-order valence-corrected chi connectivity index (χ4v) is 5.20. The summed E-state index contributed by atoms with van der Waals surface area (Å²) >= 11 is 0. The van der Waals surface area contributed by atoms with Gasteiger partial charge in [0.1, 0.15) is 0 Å². The molecular weight excluding hydrogens is 312 g/mol. The number of benzene rings is 1. The van der Waals surface area contributed by atoms with E-state index in [2.05, 4.69) is 0 Å².